The van der Waals surface area contributed by atoms with Gasteiger partial charge in [0.15, 0.2) is 6.10 Å². The summed E-state index contributed by atoms with van der Waals surface area (Å²) < 4.78 is 11.2. The summed E-state index contributed by atoms with van der Waals surface area (Å²) in [5.41, 5.74) is 0.957. The van der Waals surface area contributed by atoms with Crippen LogP contribution in [0.3, 0.4) is 0 Å². The second-order valence-corrected chi connectivity index (χ2v) is 5.16. The molecule has 2 aliphatic rings. The average Bonchev–Trinajstić information content (AvgIpc) is 2.53. The van der Waals surface area contributed by atoms with Crippen molar-refractivity contribution in [2.24, 2.45) is 5.92 Å². The van der Waals surface area contributed by atoms with Crippen molar-refractivity contribution in [3.63, 3.8) is 0 Å². The molecule has 3 atom stereocenters. The first kappa shape index (κ1) is 11.6. The molecule has 0 aliphatic carbocycles. The third-order valence-electron chi connectivity index (χ3n) is 3.35. The van der Waals surface area contributed by atoms with E-state index < -0.39 is 0 Å². The molecule has 2 fully saturated rings. The lowest BCUT2D eigenvalue weighted by molar-refractivity contribution is -0.158. The third kappa shape index (κ3) is 2.29. The van der Waals surface area contributed by atoms with Crippen LogP contribution in [0.1, 0.15) is 39.5 Å². The van der Waals surface area contributed by atoms with Gasteiger partial charge in [-0.15, -0.1) is 0 Å². The van der Waals surface area contributed by atoms with E-state index in [1.54, 1.807) is 0 Å². The number of carbonyl (C=O) groups is 1. The smallest absolute Gasteiger partial charge is 0.306 e. The fraction of sp³-hybridized carbons (Fsp3) is 0.769. The Morgan fingerprint density at radius 1 is 1.50 bits per heavy atom. The minimum Gasteiger partial charge on any atom is -0.455 e. The largest absolute Gasteiger partial charge is 0.455 e. The molecule has 0 radical (unpaired) electrons. The van der Waals surface area contributed by atoms with Gasteiger partial charge in [-0.2, -0.15) is 0 Å². The van der Waals surface area contributed by atoms with Crippen molar-refractivity contribution >= 4 is 5.97 Å². The molecule has 2 rings (SSSR count). The normalized spacial score (nSPS) is 34.1. The summed E-state index contributed by atoms with van der Waals surface area (Å²) >= 11 is 0. The Labute approximate surface area is 96.8 Å². The second kappa shape index (κ2) is 4.58. The SMILES string of the molecule is C=C1C2OC(=O)CCC2O[C@H]1CCC(C)C. The molecule has 90 valence electrons. The predicted molar refractivity (Wildman–Crippen MR) is 61.0 cm³/mol. The van der Waals surface area contributed by atoms with Crippen LogP contribution in [0, 0.1) is 5.92 Å². The summed E-state index contributed by atoms with van der Waals surface area (Å²) in [6.07, 6.45) is 3.33. The first-order valence-corrected chi connectivity index (χ1v) is 6.11. The molecule has 16 heavy (non-hydrogen) atoms. The Morgan fingerprint density at radius 2 is 2.25 bits per heavy atom. The quantitative estimate of drug-likeness (QED) is 0.545. The van der Waals surface area contributed by atoms with E-state index >= 15 is 0 Å². The number of esters is 1. The van der Waals surface area contributed by atoms with Crippen LogP contribution in [0.25, 0.3) is 0 Å². The van der Waals surface area contributed by atoms with Gasteiger partial charge in [-0.05, 0) is 30.8 Å². The van der Waals surface area contributed by atoms with E-state index in [2.05, 4.69) is 20.4 Å². The number of hydrogen-bond donors (Lipinski definition) is 0. The van der Waals surface area contributed by atoms with E-state index in [9.17, 15) is 4.79 Å². The fourth-order valence-corrected chi connectivity index (χ4v) is 2.36. The Bertz CT molecular complexity index is 296. The van der Waals surface area contributed by atoms with E-state index in [1.807, 2.05) is 0 Å². The molecule has 2 heterocycles. The Morgan fingerprint density at radius 3 is 2.94 bits per heavy atom. The molecule has 2 saturated heterocycles. The molecular formula is C13H20O3. The molecule has 0 aromatic rings. The highest BCUT2D eigenvalue weighted by Gasteiger charge is 2.43. The van der Waals surface area contributed by atoms with Crippen molar-refractivity contribution in [2.75, 3.05) is 0 Å². The van der Waals surface area contributed by atoms with Crippen LogP contribution in [0.4, 0.5) is 0 Å². The summed E-state index contributed by atoms with van der Waals surface area (Å²) in [4.78, 5) is 11.2. The van der Waals surface area contributed by atoms with Crippen LogP contribution in [0.2, 0.25) is 0 Å². The first-order chi connectivity index (χ1) is 7.58. The van der Waals surface area contributed by atoms with Gasteiger partial charge >= 0.3 is 5.97 Å². The van der Waals surface area contributed by atoms with Crippen molar-refractivity contribution in [2.45, 2.75) is 57.8 Å². The van der Waals surface area contributed by atoms with Crippen molar-refractivity contribution < 1.29 is 14.3 Å². The van der Waals surface area contributed by atoms with Crippen molar-refractivity contribution in [3.8, 4) is 0 Å². The van der Waals surface area contributed by atoms with Gasteiger partial charge in [0.25, 0.3) is 0 Å². The summed E-state index contributed by atoms with van der Waals surface area (Å²) in [5.74, 6) is 0.553. The number of rotatable bonds is 3. The highest BCUT2D eigenvalue weighted by atomic mass is 16.6. The zero-order valence-electron chi connectivity index (χ0n) is 10.1. The zero-order valence-corrected chi connectivity index (χ0v) is 10.1. The third-order valence-corrected chi connectivity index (χ3v) is 3.35. The topological polar surface area (TPSA) is 35.5 Å². The van der Waals surface area contributed by atoms with Crippen molar-refractivity contribution in [3.05, 3.63) is 12.2 Å². The number of fused-ring (bicyclic) bond motifs is 1. The average molecular weight is 224 g/mol. The van der Waals surface area contributed by atoms with Crippen molar-refractivity contribution in [1.29, 1.82) is 0 Å². The van der Waals surface area contributed by atoms with E-state index in [0.717, 1.165) is 24.8 Å². The highest BCUT2D eigenvalue weighted by Crippen LogP contribution is 2.35. The van der Waals surface area contributed by atoms with Gasteiger partial charge in [-0.1, -0.05) is 20.4 Å². The maximum atomic E-state index is 11.2. The Kier molecular flexibility index (Phi) is 3.33. The number of hydrogen-bond acceptors (Lipinski definition) is 3. The highest BCUT2D eigenvalue weighted by molar-refractivity contribution is 5.71. The molecule has 0 spiro atoms. The van der Waals surface area contributed by atoms with Crippen LogP contribution in [0.5, 0.6) is 0 Å². The second-order valence-electron chi connectivity index (χ2n) is 5.16. The van der Waals surface area contributed by atoms with Crippen LogP contribution >= 0.6 is 0 Å². The monoisotopic (exact) mass is 224 g/mol. The predicted octanol–water partition coefficient (Wildman–Crippen LogP) is 2.45. The van der Waals surface area contributed by atoms with Crippen LogP contribution in [-0.2, 0) is 14.3 Å². The molecule has 0 aromatic heterocycles. The molecule has 0 bridgehead atoms. The van der Waals surface area contributed by atoms with E-state index in [0.29, 0.717) is 12.3 Å². The maximum Gasteiger partial charge on any atom is 0.306 e. The van der Waals surface area contributed by atoms with Crippen LogP contribution < -0.4 is 0 Å². The van der Waals surface area contributed by atoms with Gasteiger partial charge in [0.2, 0.25) is 0 Å². The molecule has 0 amide bonds. The molecule has 0 N–H and O–H groups in total. The Hall–Kier alpha value is -0.830. The lowest BCUT2D eigenvalue weighted by Crippen LogP contribution is -2.33. The maximum absolute atomic E-state index is 11.2. The van der Waals surface area contributed by atoms with E-state index in [1.165, 1.54) is 0 Å². The van der Waals surface area contributed by atoms with Gasteiger partial charge in [0.05, 0.1) is 12.2 Å². The fourth-order valence-electron chi connectivity index (χ4n) is 2.36. The number of carbonyl (C=O) groups excluding carboxylic acids is 1. The van der Waals surface area contributed by atoms with Crippen molar-refractivity contribution in [1.82, 2.24) is 0 Å². The zero-order chi connectivity index (χ0) is 11.7. The molecule has 2 unspecified atom stereocenters. The molecule has 0 aromatic carbocycles. The lowest BCUT2D eigenvalue weighted by atomic mass is 9.96. The molecule has 0 saturated carbocycles. The standard InChI is InChI=1S/C13H20O3/c1-8(2)4-5-10-9(3)13-11(15-10)6-7-12(14)16-13/h8,10-11,13H,3-7H2,1-2H3/t10-,11?,13?/m0/s1. The Balaban J connectivity index is 1.94. The van der Waals surface area contributed by atoms with E-state index in [-0.39, 0.29) is 24.3 Å². The van der Waals surface area contributed by atoms with Gasteiger partial charge < -0.3 is 9.47 Å². The van der Waals surface area contributed by atoms with Gasteiger partial charge in [-0.25, -0.2) is 0 Å². The summed E-state index contributed by atoms with van der Waals surface area (Å²) in [6, 6.07) is 0. The minimum atomic E-state index is -0.182. The summed E-state index contributed by atoms with van der Waals surface area (Å²) in [6.45, 7) is 8.43. The summed E-state index contributed by atoms with van der Waals surface area (Å²) in [7, 11) is 0. The molecule has 3 nitrogen and oxygen atoms in total. The van der Waals surface area contributed by atoms with Gasteiger partial charge in [0, 0.05) is 6.42 Å². The van der Waals surface area contributed by atoms with Crippen LogP contribution in [-0.4, -0.2) is 24.3 Å². The molecular weight excluding hydrogens is 204 g/mol. The molecule has 3 heteroatoms. The van der Waals surface area contributed by atoms with Crippen LogP contribution in [0.15, 0.2) is 12.2 Å². The lowest BCUT2D eigenvalue weighted by Gasteiger charge is -2.23. The van der Waals surface area contributed by atoms with E-state index in [4.69, 9.17) is 9.47 Å². The van der Waals surface area contributed by atoms with Gasteiger partial charge in [0.1, 0.15) is 0 Å². The van der Waals surface area contributed by atoms with Gasteiger partial charge in [-0.3, -0.25) is 4.79 Å². The minimum absolute atomic E-state index is 0.0577. The first-order valence-electron chi connectivity index (χ1n) is 6.11. The number of ether oxygens (including phenoxy) is 2. The molecule has 2 aliphatic heterocycles. The summed E-state index contributed by atoms with van der Waals surface area (Å²) in [5, 5.41) is 0.